The van der Waals surface area contributed by atoms with Gasteiger partial charge in [0.2, 0.25) is 5.91 Å². The molecule has 26 heavy (non-hydrogen) atoms. The molecule has 4 amide bonds. The minimum Gasteiger partial charge on any atom is -0.316 e. The van der Waals surface area contributed by atoms with Crippen LogP contribution in [0.5, 0.6) is 0 Å². The zero-order valence-electron chi connectivity index (χ0n) is 13.9. The van der Waals surface area contributed by atoms with E-state index in [4.69, 9.17) is 4.55 Å². The number of hydrogen-bond acceptors (Lipinski definition) is 7. The first kappa shape index (κ1) is 18.8. The molecule has 4 N–H and O–H groups in total. The zero-order chi connectivity index (χ0) is 18.9. The van der Waals surface area contributed by atoms with Crippen molar-refractivity contribution in [2.24, 2.45) is 5.92 Å². The molecule has 0 radical (unpaired) electrons. The maximum atomic E-state index is 12.3. The summed E-state index contributed by atoms with van der Waals surface area (Å²) in [4.78, 5) is 37.8. The molecule has 3 saturated heterocycles. The zero-order valence-corrected chi connectivity index (χ0v) is 14.7. The second-order valence-corrected chi connectivity index (χ2v) is 7.54. The fourth-order valence-corrected chi connectivity index (χ4v) is 3.88. The molecule has 3 aliphatic heterocycles. The third kappa shape index (κ3) is 4.06. The molecule has 0 aliphatic carbocycles. The quantitative estimate of drug-likeness (QED) is 0.321. The molecule has 0 aromatic rings. The van der Waals surface area contributed by atoms with Crippen molar-refractivity contribution in [2.75, 3.05) is 19.6 Å². The van der Waals surface area contributed by atoms with E-state index in [1.807, 2.05) is 0 Å². The van der Waals surface area contributed by atoms with Crippen LogP contribution >= 0.6 is 0 Å². The van der Waals surface area contributed by atoms with E-state index in [0.717, 1.165) is 24.3 Å². The van der Waals surface area contributed by atoms with Crippen molar-refractivity contribution in [1.29, 1.82) is 0 Å². The molecule has 13 heteroatoms. The van der Waals surface area contributed by atoms with Gasteiger partial charge in [-0.1, -0.05) is 0 Å². The maximum Gasteiger partial charge on any atom is 0.418 e. The van der Waals surface area contributed by atoms with Crippen molar-refractivity contribution in [3.05, 3.63) is 0 Å². The summed E-state index contributed by atoms with van der Waals surface area (Å²) in [7, 11) is -4.84. The fraction of sp³-hybridized carbons (Fsp3) is 0.769. The predicted octanol–water partition coefficient (Wildman–Crippen LogP) is -1.86. The number of hydrazine groups is 1. The Bertz CT molecular complexity index is 693. The molecule has 3 atom stereocenters. The van der Waals surface area contributed by atoms with Crippen molar-refractivity contribution >= 4 is 28.2 Å². The first-order valence-corrected chi connectivity index (χ1v) is 9.70. The smallest absolute Gasteiger partial charge is 0.316 e. The first-order valence-electron chi connectivity index (χ1n) is 8.33. The highest BCUT2D eigenvalue weighted by atomic mass is 32.3. The third-order valence-corrected chi connectivity index (χ3v) is 5.13. The summed E-state index contributed by atoms with van der Waals surface area (Å²) in [5, 5.41) is 3.67. The molecule has 0 spiro atoms. The lowest BCUT2D eigenvalue weighted by atomic mass is 9.99. The molecule has 0 aromatic carbocycles. The highest BCUT2D eigenvalue weighted by Crippen LogP contribution is 2.30. The molecule has 3 heterocycles. The van der Waals surface area contributed by atoms with Crippen LogP contribution in [-0.2, 0) is 24.3 Å². The maximum absolute atomic E-state index is 12.3. The van der Waals surface area contributed by atoms with Gasteiger partial charge in [-0.05, 0) is 32.2 Å². The van der Waals surface area contributed by atoms with Gasteiger partial charge in [0.15, 0.2) is 0 Å². The number of nitrogens with one attached hydrogen (secondary N) is 3. The van der Waals surface area contributed by atoms with E-state index in [9.17, 15) is 22.8 Å². The molecule has 3 rings (SSSR count). The summed E-state index contributed by atoms with van der Waals surface area (Å²) in [6.45, 7) is 1.49. The van der Waals surface area contributed by atoms with Crippen molar-refractivity contribution < 1.29 is 31.6 Å². The molecule has 3 aliphatic rings. The van der Waals surface area contributed by atoms with Gasteiger partial charge in [-0.3, -0.25) is 25.0 Å². The van der Waals surface area contributed by atoms with E-state index < -0.39 is 34.4 Å². The average Bonchev–Trinajstić information content (AvgIpc) is 2.84. The van der Waals surface area contributed by atoms with Crippen molar-refractivity contribution in [3.8, 4) is 0 Å². The molecular weight excluding hydrogens is 370 g/mol. The number of nitrogens with zero attached hydrogens (tertiary/aromatic N) is 2. The number of carbonyl (C=O) groups excluding carboxylic acids is 3. The molecule has 0 saturated carbocycles. The molecule has 0 aromatic heterocycles. The normalized spacial score (nSPS) is 28.8. The molecular formula is C13H21N5O7S. The van der Waals surface area contributed by atoms with E-state index in [-0.39, 0.29) is 24.8 Å². The Labute approximate surface area is 150 Å². The van der Waals surface area contributed by atoms with Crippen LogP contribution in [0.4, 0.5) is 4.79 Å². The molecule has 3 fully saturated rings. The number of amides is 4. The summed E-state index contributed by atoms with van der Waals surface area (Å²) in [5.41, 5.74) is 4.70. The van der Waals surface area contributed by atoms with Crippen molar-refractivity contribution in [2.45, 2.75) is 37.8 Å². The highest BCUT2D eigenvalue weighted by Gasteiger charge is 2.49. The third-order valence-electron chi connectivity index (χ3n) is 4.78. The van der Waals surface area contributed by atoms with Crippen LogP contribution in [0.25, 0.3) is 0 Å². The minimum absolute atomic E-state index is 0.0902. The molecule has 0 unspecified atom stereocenters. The standard InChI is InChI=1S/C13H21N5O7S/c19-11(8-2-1-5-14-6-8)15-16-12(20)10-4-3-9-7-17(10)13(21)18(9)25-26(22,23)24/h8-10,14H,1-7H2,(H,15,19)(H,16,20)(H,22,23,24)/t8-,9-,10-/m1/s1. The number of carbonyl (C=O) groups is 3. The predicted molar refractivity (Wildman–Crippen MR) is 85.3 cm³/mol. The first-order chi connectivity index (χ1) is 12.3. The minimum atomic E-state index is -4.84. The van der Waals surface area contributed by atoms with Gasteiger partial charge in [0, 0.05) is 13.1 Å². The van der Waals surface area contributed by atoms with Gasteiger partial charge in [0.25, 0.3) is 5.91 Å². The van der Waals surface area contributed by atoms with Crippen LogP contribution in [0.1, 0.15) is 25.7 Å². The summed E-state index contributed by atoms with van der Waals surface area (Å²) in [6.07, 6.45) is 2.19. The average molecular weight is 391 g/mol. The largest absolute Gasteiger partial charge is 0.418 e. The summed E-state index contributed by atoms with van der Waals surface area (Å²) in [6, 6.07) is -2.26. The Morgan fingerprint density at radius 3 is 2.58 bits per heavy atom. The number of hydroxylamine groups is 2. The summed E-state index contributed by atoms with van der Waals surface area (Å²) >= 11 is 0. The Morgan fingerprint density at radius 2 is 1.92 bits per heavy atom. The van der Waals surface area contributed by atoms with E-state index in [1.54, 1.807) is 0 Å². The fourth-order valence-electron chi connectivity index (χ4n) is 3.49. The summed E-state index contributed by atoms with van der Waals surface area (Å²) < 4.78 is 34.8. The molecule has 146 valence electrons. The van der Waals surface area contributed by atoms with E-state index in [1.165, 1.54) is 0 Å². The molecule has 2 bridgehead atoms. The van der Waals surface area contributed by atoms with Crippen LogP contribution in [0.15, 0.2) is 0 Å². The van der Waals surface area contributed by atoms with Crippen LogP contribution < -0.4 is 16.2 Å². The van der Waals surface area contributed by atoms with Gasteiger partial charge in [0.05, 0.1) is 12.0 Å². The Balaban J connectivity index is 1.56. The van der Waals surface area contributed by atoms with Gasteiger partial charge in [0.1, 0.15) is 6.04 Å². The topological polar surface area (TPSA) is 157 Å². The van der Waals surface area contributed by atoms with Crippen molar-refractivity contribution in [3.63, 3.8) is 0 Å². The number of fused-ring (bicyclic) bond motifs is 2. The Kier molecular flexibility index (Phi) is 5.32. The number of piperidine rings is 2. The number of rotatable bonds is 4. The van der Waals surface area contributed by atoms with E-state index >= 15 is 0 Å². The number of urea groups is 1. The van der Waals surface area contributed by atoms with Gasteiger partial charge < -0.3 is 10.2 Å². The molecule has 12 nitrogen and oxygen atoms in total. The second kappa shape index (κ2) is 7.34. The van der Waals surface area contributed by atoms with E-state index in [0.29, 0.717) is 18.0 Å². The highest BCUT2D eigenvalue weighted by molar-refractivity contribution is 7.80. The Hall–Kier alpha value is -1.96. The Morgan fingerprint density at radius 1 is 1.19 bits per heavy atom. The SMILES string of the molecule is O=C(NNC(=O)[C@H]1CC[C@@H]2CN1C(=O)N2OS(=O)(=O)O)[C@@H]1CCCNC1. The monoisotopic (exact) mass is 391 g/mol. The lowest BCUT2D eigenvalue weighted by Crippen LogP contribution is -2.55. The van der Waals surface area contributed by atoms with Crippen molar-refractivity contribution in [1.82, 2.24) is 26.1 Å². The van der Waals surface area contributed by atoms with Crippen LogP contribution in [0, 0.1) is 5.92 Å². The lowest BCUT2D eigenvalue weighted by molar-refractivity contribution is -0.133. The van der Waals surface area contributed by atoms with Gasteiger partial charge in [-0.15, -0.1) is 4.28 Å². The van der Waals surface area contributed by atoms with E-state index in [2.05, 4.69) is 20.5 Å². The van der Waals surface area contributed by atoms with Crippen LogP contribution in [-0.4, -0.2) is 72.5 Å². The van der Waals surface area contributed by atoms with Crippen LogP contribution in [0.2, 0.25) is 0 Å². The van der Waals surface area contributed by atoms with Gasteiger partial charge in [-0.2, -0.15) is 13.5 Å². The van der Waals surface area contributed by atoms with Crippen LogP contribution in [0.3, 0.4) is 0 Å². The lowest BCUT2D eigenvalue weighted by Gasteiger charge is -2.29. The van der Waals surface area contributed by atoms with Gasteiger partial charge >= 0.3 is 16.4 Å². The summed E-state index contributed by atoms with van der Waals surface area (Å²) in [5.74, 6) is -1.10. The second-order valence-electron chi connectivity index (χ2n) is 6.53. The van der Waals surface area contributed by atoms with Gasteiger partial charge in [-0.25, -0.2) is 4.79 Å². The number of hydrogen-bond donors (Lipinski definition) is 4.